The molecule has 1 aromatic rings. The molecule has 0 unspecified atom stereocenters. The van der Waals surface area contributed by atoms with Crippen LogP contribution in [-0.4, -0.2) is 34.6 Å². The van der Waals surface area contributed by atoms with Crippen molar-refractivity contribution in [1.29, 1.82) is 0 Å². The minimum atomic E-state index is -0.813. The summed E-state index contributed by atoms with van der Waals surface area (Å²) in [4.78, 5) is 20.7. The van der Waals surface area contributed by atoms with E-state index in [0.717, 1.165) is 5.69 Å². The first kappa shape index (κ1) is 12.4. The van der Waals surface area contributed by atoms with Crippen molar-refractivity contribution >= 4 is 11.9 Å². The Morgan fingerprint density at radius 1 is 1.56 bits per heavy atom. The minimum absolute atomic E-state index is 0.0891. The highest BCUT2D eigenvalue weighted by molar-refractivity contribution is 5.67. The number of anilines is 1. The molecule has 88 valence electrons. The molecule has 0 atom stereocenters. The molecular formula is C11H17N3O2. The van der Waals surface area contributed by atoms with Crippen molar-refractivity contribution in [3.63, 3.8) is 0 Å². The number of carbonyl (C=O) groups is 1. The van der Waals surface area contributed by atoms with E-state index in [4.69, 9.17) is 5.11 Å². The van der Waals surface area contributed by atoms with E-state index >= 15 is 0 Å². The third kappa shape index (κ3) is 3.49. The molecule has 0 spiro atoms. The fraction of sp³-hybridized carbons (Fsp3) is 0.545. The van der Waals surface area contributed by atoms with E-state index in [1.54, 1.807) is 18.1 Å². The lowest BCUT2D eigenvalue weighted by atomic mass is 10.1. The summed E-state index contributed by atoms with van der Waals surface area (Å²) in [6.07, 6.45) is 1.79. The minimum Gasteiger partial charge on any atom is -0.481 e. The molecule has 0 bridgehead atoms. The number of aromatic nitrogens is 2. The largest absolute Gasteiger partial charge is 0.481 e. The fourth-order valence-electron chi connectivity index (χ4n) is 1.23. The molecule has 1 N–H and O–H groups in total. The molecule has 5 heteroatoms. The fourth-order valence-corrected chi connectivity index (χ4v) is 1.23. The molecule has 16 heavy (non-hydrogen) atoms. The van der Waals surface area contributed by atoms with Gasteiger partial charge in [-0.1, -0.05) is 13.8 Å². The highest BCUT2D eigenvalue weighted by Gasteiger charge is 2.08. The molecular weight excluding hydrogens is 206 g/mol. The molecule has 0 aliphatic carbocycles. The summed E-state index contributed by atoms with van der Waals surface area (Å²) < 4.78 is 0. The van der Waals surface area contributed by atoms with Crippen LogP contribution in [0.1, 0.15) is 31.9 Å². The van der Waals surface area contributed by atoms with Crippen molar-refractivity contribution in [3.8, 4) is 0 Å². The summed E-state index contributed by atoms with van der Waals surface area (Å²) in [5, 5.41) is 8.58. The third-order valence-corrected chi connectivity index (χ3v) is 2.26. The third-order valence-electron chi connectivity index (χ3n) is 2.26. The van der Waals surface area contributed by atoms with Gasteiger partial charge in [0.2, 0.25) is 5.95 Å². The maximum atomic E-state index is 10.4. The van der Waals surface area contributed by atoms with Crippen LogP contribution in [0.2, 0.25) is 0 Å². The Labute approximate surface area is 95.1 Å². The summed E-state index contributed by atoms with van der Waals surface area (Å²) >= 11 is 0. The van der Waals surface area contributed by atoms with E-state index in [1.165, 1.54) is 0 Å². The zero-order valence-corrected chi connectivity index (χ0v) is 9.84. The molecule has 1 rings (SSSR count). The van der Waals surface area contributed by atoms with E-state index in [0.29, 0.717) is 18.4 Å². The van der Waals surface area contributed by atoms with Crippen molar-refractivity contribution in [2.75, 3.05) is 18.5 Å². The van der Waals surface area contributed by atoms with Gasteiger partial charge in [-0.15, -0.1) is 0 Å². The lowest BCUT2D eigenvalue weighted by Crippen LogP contribution is -2.23. The van der Waals surface area contributed by atoms with E-state index in [1.807, 2.05) is 6.07 Å². The molecule has 5 nitrogen and oxygen atoms in total. The van der Waals surface area contributed by atoms with E-state index in [2.05, 4.69) is 23.8 Å². The lowest BCUT2D eigenvalue weighted by molar-refractivity contribution is -0.136. The van der Waals surface area contributed by atoms with Gasteiger partial charge in [0.1, 0.15) is 0 Å². The Morgan fingerprint density at radius 2 is 2.25 bits per heavy atom. The van der Waals surface area contributed by atoms with Gasteiger partial charge in [-0.25, -0.2) is 9.97 Å². The Morgan fingerprint density at radius 3 is 2.81 bits per heavy atom. The van der Waals surface area contributed by atoms with Gasteiger partial charge in [-0.3, -0.25) is 4.79 Å². The molecule has 1 heterocycles. The van der Waals surface area contributed by atoms with Crippen molar-refractivity contribution in [3.05, 3.63) is 18.0 Å². The second-order valence-electron chi connectivity index (χ2n) is 4.00. The first-order chi connectivity index (χ1) is 7.50. The summed E-state index contributed by atoms with van der Waals surface area (Å²) in [5.41, 5.74) is 0.965. The van der Waals surface area contributed by atoms with E-state index in [-0.39, 0.29) is 6.42 Å². The van der Waals surface area contributed by atoms with Crippen LogP contribution < -0.4 is 4.90 Å². The highest BCUT2D eigenvalue weighted by atomic mass is 16.4. The molecule has 0 saturated carbocycles. The Balaban J connectivity index is 2.71. The first-order valence-electron chi connectivity index (χ1n) is 5.26. The van der Waals surface area contributed by atoms with Crippen molar-refractivity contribution in [2.24, 2.45) is 0 Å². The second-order valence-corrected chi connectivity index (χ2v) is 4.00. The molecule has 1 aromatic heterocycles. The van der Waals surface area contributed by atoms with Crippen LogP contribution >= 0.6 is 0 Å². The number of rotatable bonds is 5. The van der Waals surface area contributed by atoms with Gasteiger partial charge in [0, 0.05) is 25.5 Å². The van der Waals surface area contributed by atoms with Gasteiger partial charge >= 0.3 is 5.97 Å². The van der Waals surface area contributed by atoms with Crippen LogP contribution in [0.4, 0.5) is 5.95 Å². The van der Waals surface area contributed by atoms with Crippen molar-refractivity contribution < 1.29 is 9.90 Å². The van der Waals surface area contributed by atoms with Gasteiger partial charge in [-0.05, 0) is 12.0 Å². The van der Waals surface area contributed by atoms with Crippen LogP contribution in [0, 0.1) is 0 Å². The molecule has 0 saturated heterocycles. The Hall–Kier alpha value is -1.65. The average molecular weight is 223 g/mol. The maximum Gasteiger partial charge on any atom is 0.305 e. The predicted octanol–water partition coefficient (Wildman–Crippen LogP) is 1.51. The highest BCUT2D eigenvalue weighted by Crippen LogP contribution is 2.13. The molecule has 0 radical (unpaired) electrons. The summed E-state index contributed by atoms with van der Waals surface area (Å²) in [6, 6.07) is 1.87. The van der Waals surface area contributed by atoms with Crippen LogP contribution in [0.3, 0.4) is 0 Å². The predicted molar refractivity (Wildman–Crippen MR) is 61.6 cm³/mol. The first-order valence-corrected chi connectivity index (χ1v) is 5.26. The van der Waals surface area contributed by atoms with Crippen LogP contribution in [0.25, 0.3) is 0 Å². The molecule has 0 amide bonds. The zero-order chi connectivity index (χ0) is 12.1. The standard InChI is InChI=1S/C11H17N3O2/c1-8(2)9-4-6-12-11(13-9)14(3)7-5-10(15)16/h4,6,8H,5,7H2,1-3H3,(H,15,16). The van der Waals surface area contributed by atoms with Crippen molar-refractivity contribution in [1.82, 2.24) is 9.97 Å². The zero-order valence-electron chi connectivity index (χ0n) is 9.84. The summed E-state index contributed by atoms with van der Waals surface area (Å²) in [6.45, 7) is 4.53. The maximum absolute atomic E-state index is 10.4. The Bertz CT molecular complexity index is 366. The van der Waals surface area contributed by atoms with Gasteiger partial charge in [0.05, 0.1) is 6.42 Å². The molecule has 0 aliphatic heterocycles. The number of carboxylic acids is 1. The van der Waals surface area contributed by atoms with Crippen LogP contribution in [-0.2, 0) is 4.79 Å². The number of hydrogen-bond donors (Lipinski definition) is 1. The number of carboxylic acid groups (broad SMARTS) is 1. The summed E-state index contributed by atoms with van der Waals surface area (Å²) in [7, 11) is 1.79. The average Bonchev–Trinajstić information content (AvgIpc) is 2.26. The SMILES string of the molecule is CC(C)c1ccnc(N(C)CCC(=O)O)n1. The van der Waals surface area contributed by atoms with Crippen molar-refractivity contribution in [2.45, 2.75) is 26.2 Å². The topological polar surface area (TPSA) is 66.3 Å². The molecule has 0 fully saturated rings. The smallest absolute Gasteiger partial charge is 0.305 e. The quantitative estimate of drug-likeness (QED) is 0.819. The monoisotopic (exact) mass is 223 g/mol. The van der Waals surface area contributed by atoms with E-state index < -0.39 is 5.97 Å². The van der Waals surface area contributed by atoms with Crippen LogP contribution in [0.15, 0.2) is 12.3 Å². The van der Waals surface area contributed by atoms with E-state index in [9.17, 15) is 4.79 Å². The lowest BCUT2D eigenvalue weighted by Gasteiger charge is -2.16. The van der Waals surface area contributed by atoms with Gasteiger partial charge in [-0.2, -0.15) is 0 Å². The number of hydrogen-bond acceptors (Lipinski definition) is 4. The normalized spacial score (nSPS) is 10.5. The van der Waals surface area contributed by atoms with Gasteiger partial charge < -0.3 is 10.0 Å². The van der Waals surface area contributed by atoms with Gasteiger partial charge in [0.15, 0.2) is 0 Å². The second kappa shape index (κ2) is 5.44. The van der Waals surface area contributed by atoms with Crippen LogP contribution in [0.5, 0.6) is 0 Å². The molecule has 0 aromatic carbocycles. The number of aliphatic carboxylic acids is 1. The van der Waals surface area contributed by atoms with Gasteiger partial charge in [0.25, 0.3) is 0 Å². The Kier molecular flexibility index (Phi) is 4.22. The molecule has 0 aliphatic rings. The summed E-state index contributed by atoms with van der Waals surface area (Å²) in [5.74, 6) is 0.105. The number of nitrogens with zero attached hydrogens (tertiary/aromatic N) is 3.